The van der Waals surface area contributed by atoms with Crippen molar-refractivity contribution >= 4 is 23.6 Å². The highest BCUT2D eigenvalue weighted by Crippen LogP contribution is 2.19. The third-order valence-electron chi connectivity index (χ3n) is 3.16. The zero-order chi connectivity index (χ0) is 17.4. The summed E-state index contributed by atoms with van der Waals surface area (Å²) in [6.07, 6.45) is 1.48. The molecule has 2 rings (SSSR count). The second-order valence-corrected chi connectivity index (χ2v) is 5.25. The first-order valence-electron chi connectivity index (χ1n) is 7.39. The van der Waals surface area contributed by atoms with Crippen LogP contribution in [0.1, 0.15) is 18.1 Å². The number of hydrogen-bond acceptors (Lipinski definition) is 4. The summed E-state index contributed by atoms with van der Waals surface area (Å²) in [7, 11) is 0. The predicted octanol–water partition coefficient (Wildman–Crippen LogP) is 4.39. The van der Waals surface area contributed by atoms with E-state index in [1.165, 1.54) is 6.08 Å². The molecule has 0 spiro atoms. The van der Waals surface area contributed by atoms with Gasteiger partial charge < -0.3 is 9.47 Å². The maximum atomic E-state index is 11.6. The Morgan fingerprint density at radius 1 is 1.21 bits per heavy atom. The van der Waals surface area contributed by atoms with E-state index < -0.39 is 5.97 Å². The smallest absolute Gasteiger partial charge is 0.348 e. The van der Waals surface area contributed by atoms with E-state index in [0.717, 1.165) is 5.56 Å². The van der Waals surface area contributed by atoms with Crippen LogP contribution in [0.3, 0.4) is 0 Å². The molecule has 24 heavy (non-hydrogen) atoms. The van der Waals surface area contributed by atoms with Gasteiger partial charge >= 0.3 is 5.97 Å². The molecule has 0 aromatic heterocycles. The van der Waals surface area contributed by atoms with Crippen LogP contribution in [0.25, 0.3) is 6.08 Å². The van der Waals surface area contributed by atoms with Crippen LogP contribution in [-0.4, -0.2) is 12.6 Å². The van der Waals surface area contributed by atoms with E-state index in [1.54, 1.807) is 31.2 Å². The molecule has 4 nitrogen and oxygen atoms in total. The van der Waals surface area contributed by atoms with Crippen molar-refractivity contribution < 1.29 is 14.3 Å². The van der Waals surface area contributed by atoms with Crippen LogP contribution in [0, 0.1) is 11.3 Å². The van der Waals surface area contributed by atoms with Gasteiger partial charge in [0.25, 0.3) is 0 Å². The van der Waals surface area contributed by atoms with Crippen LogP contribution in [0.15, 0.2) is 54.1 Å². The first-order valence-corrected chi connectivity index (χ1v) is 7.77. The van der Waals surface area contributed by atoms with Gasteiger partial charge in [-0.2, -0.15) is 5.26 Å². The fourth-order valence-corrected chi connectivity index (χ4v) is 2.14. The summed E-state index contributed by atoms with van der Waals surface area (Å²) in [6, 6.07) is 16.4. The summed E-state index contributed by atoms with van der Waals surface area (Å²) in [6.45, 7) is 2.28. The molecular weight excluding hydrogens is 326 g/mol. The van der Waals surface area contributed by atoms with Gasteiger partial charge in [-0.1, -0.05) is 41.9 Å². The molecule has 0 saturated heterocycles. The van der Waals surface area contributed by atoms with Gasteiger partial charge in [-0.15, -0.1) is 0 Å². The third-order valence-corrected chi connectivity index (χ3v) is 3.53. The number of carbonyl (C=O) groups is 1. The van der Waals surface area contributed by atoms with Crippen LogP contribution in [0.5, 0.6) is 5.75 Å². The number of benzene rings is 2. The maximum absolute atomic E-state index is 11.6. The fraction of sp³-hybridized carbons (Fsp3) is 0.158. The number of esters is 1. The molecule has 0 aliphatic rings. The predicted molar refractivity (Wildman–Crippen MR) is 92.4 cm³/mol. The summed E-state index contributed by atoms with van der Waals surface area (Å²) in [5, 5.41) is 9.68. The molecule has 122 valence electrons. The Hall–Kier alpha value is -2.77. The first-order chi connectivity index (χ1) is 11.6. The van der Waals surface area contributed by atoms with Crippen molar-refractivity contribution in [3.05, 3.63) is 70.3 Å². The zero-order valence-electron chi connectivity index (χ0n) is 13.2. The van der Waals surface area contributed by atoms with Gasteiger partial charge in [0.1, 0.15) is 24.0 Å². The summed E-state index contributed by atoms with van der Waals surface area (Å²) < 4.78 is 10.5. The van der Waals surface area contributed by atoms with Gasteiger partial charge in [0, 0.05) is 10.6 Å². The molecule has 0 fully saturated rings. The van der Waals surface area contributed by atoms with Crippen molar-refractivity contribution in [1.29, 1.82) is 5.26 Å². The summed E-state index contributed by atoms with van der Waals surface area (Å²) >= 11 is 6.08. The van der Waals surface area contributed by atoms with Gasteiger partial charge in [0.05, 0.1) is 6.61 Å². The van der Waals surface area contributed by atoms with E-state index in [1.807, 2.05) is 30.3 Å². The normalized spacial score (nSPS) is 10.8. The van der Waals surface area contributed by atoms with Gasteiger partial charge in [-0.25, -0.2) is 4.79 Å². The maximum Gasteiger partial charge on any atom is 0.348 e. The molecular formula is C19H16ClNO3. The van der Waals surface area contributed by atoms with Gasteiger partial charge in [-0.05, 0) is 36.8 Å². The quantitative estimate of drug-likeness (QED) is 0.444. The van der Waals surface area contributed by atoms with Crippen LogP contribution < -0.4 is 4.74 Å². The largest absolute Gasteiger partial charge is 0.489 e. The molecule has 0 atom stereocenters. The van der Waals surface area contributed by atoms with E-state index >= 15 is 0 Å². The average molecular weight is 342 g/mol. The summed E-state index contributed by atoms with van der Waals surface area (Å²) in [5.41, 5.74) is 1.57. The second kappa shape index (κ2) is 8.76. The standard InChI is InChI=1S/C19H16ClNO3/c1-2-23-19(22)16(12-21)11-14-7-9-17(10-8-14)24-13-15-5-3-4-6-18(15)20/h3-11H,2,13H2,1H3/b16-11+. The van der Waals surface area contributed by atoms with Crippen LogP contribution in [-0.2, 0) is 16.1 Å². The SMILES string of the molecule is CCOC(=O)/C(C#N)=C/c1ccc(OCc2ccccc2Cl)cc1. The lowest BCUT2D eigenvalue weighted by Gasteiger charge is -2.08. The zero-order valence-corrected chi connectivity index (χ0v) is 13.9. The highest BCUT2D eigenvalue weighted by Gasteiger charge is 2.09. The number of halogens is 1. The van der Waals surface area contributed by atoms with E-state index in [9.17, 15) is 4.79 Å². The lowest BCUT2D eigenvalue weighted by atomic mass is 10.1. The van der Waals surface area contributed by atoms with Crippen molar-refractivity contribution in [2.75, 3.05) is 6.61 Å². The fourth-order valence-electron chi connectivity index (χ4n) is 1.95. The minimum atomic E-state index is -0.626. The van der Waals surface area contributed by atoms with Crippen molar-refractivity contribution in [3.8, 4) is 11.8 Å². The highest BCUT2D eigenvalue weighted by molar-refractivity contribution is 6.31. The van der Waals surface area contributed by atoms with E-state index in [0.29, 0.717) is 22.9 Å². The Kier molecular flexibility index (Phi) is 6.41. The van der Waals surface area contributed by atoms with Gasteiger partial charge in [0.15, 0.2) is 0 Å². The van der Waals surface area contributed by atoms with Crippen molar-refractivity contribution in [2.45, 2.75) is 13.5 Å². The molecule has 2 aromatic rings. The third kappa shape index (κ3) is 4.87. The summed E-state index contributed by atoms with van der Waals surface area (Å²) in [4.78, 5) is 11.6. The van der Waals surface area contributed by atoms with Crippen molar-refractivity contribution in [1.82, 2.24) is 0 Å². The molecule has 0 N–H and O–H groups in total. The minimum Gasteiger partial charge on any atom is -0.489 e. The Bertz CT molecular complexity index is 776. The second-order valence-electron chi connectivity index (χ2n) is 4.84. The number of nitrogens with zero attached hydrogens (tertiary/aromatic N) is 1. The van der Waals surface area contributed by atoms with E-state index in [4.69, 9.17) is 26.3 Å². The van der Waals surface area contributed by atoms with Crippen LogP contribution >= 0.6 is 11.6 Å². The number of hydrogen-bond donors (Lipinski definition) is 0. The average Bonchev–Trinajstić information content (AvgIpc) is 2.60. The molecule has 0 aliphatic heterocycles. The number of carbonyl (C=O) groups excluding carboxylic acids is 1. The highest BCUT2D eigenvalue weighted by atomic mass is 35.5. The Morgan fingerprint density at radius 2 is 1.92 bits per heavy atom. The molecule has 0 aliphatic carbocycles. The van der Waals surface area contributed by atoms with Crippen LogP contribution in [0.4, 0.5) is 0 Å². The molecule has 0 saturated carbocycles. The summed E-state index contributed by atoms with van der Waals surface area (Å²) in [5.74, 6) is 0.0424. The van der Waals surface area contributed by atoms with Gasteiger partial charge in [-0.3, -0.25) is 0 Å². The van der Waals surface area contributed by atoms with Crippen molar-refractivity contribution in [3.63, 3.8) is 0 Å². The van der Waals surface area contributed by atoms with E-state index in [2.05, 4.69) is 0 Å². The Morgan fingerprint density at radius 3 is 2.54 bits per heavy atom. The molecule has 0 bridgehead atoms. The lowest BCUT2D eigenvalue weighted by Crippen LogP contribution is -2.05. The minimum absolute atomic E-state index is 0.0402. The first kappa shape index (κ1) is 17.6. The van der Waals surface area contributed by atoms with Crippen molar-refractivity contribution in [2.24, 2.45) is 0 Å². The van der Waals surface area contributed by atoms with Gasteiger partial charge in [0.2, 0.25) is 0 Å². The molecule has 0 heterocycles. The number of rotatable bonds is 6. The number of ether oxygens (including phenoxy) is 2. The molecule has 0 unspecified atom stereocenters. The number of nitriles is 1. The molecule has 0 radical (unpaired) electrons. The lowest BCUT2D eigenvalue weighted by molar-refractivity contribution is -0.137. The Balaban J connectivity index is 2.04. The van der Waals surface area contributed by atoms with E-state index in [-0.39, 0.29) is 12.2 Å². The molecule has 5 heteroatoms. The van der Waals surface area contributed by atoms with Crippen LogP contribution in [0.2, 0.25) is 5.02 Å². The topological polar surface area (TPSA) is 59.3 Å². The molecule has 2 aromatic carbocycles. The monoisotopic (exact) mass is 341 g/mol. The Labute approximate surface area is 145 Å². The molecule has 0 amide bonds.